The molecule has 1 aliphatic heterocycles. The zero-order valence-corrected chi connectivity index (χ0v) is 15.7. The molecule has 1 unspecified atom stereocenters. The second-order valence-corrected chi connectivity index (χ2v) is 6.99. The van der Waals surface area contributed by atoms with Gasteiger partial charge in [-0.1, -0.05) is 41.4 Å². The average molecular weight is 379 g/mol. The smallest absolute Gasteiger partial charge is 0.263 e. The third-order valence-corrected chi connectivity index (χ3v) is 4.86. The van der Waals surface area contributed by atoms with Gasteiger partial charge in [-0.2, -0.15) is 0 Å². The van der Waals surface area contributed by atoms with Crippen LogP contribution in [0.2, 0.25) is 10.0 Å². The van der Waals surface area contributed by atoms with Crippen molar-refractivity contribution < 1.29 is 9.53 Å². The van der Waals surface area contributed by atoms with E-state index in [2.05, 4.69) is 17.0 Å². The molecule has 132 valence electrons. The number of carbonyl (C=O) groups excluding carboxylic acids is 1. The third kappa shape index (κ3) is 4.02. The SMILES string of the molecule is CC(Oc1ccc(Cl)cc1Cl)C(=O)N1CCN(C)c2ccccc2C1. The zero-order chi connectivity index (χ0) is 18.0. The Labute approximate surface area is 157 Å². The van der Waals surface area contributed by atoms with Gasteiger partial charge in [0.2, 0.25) is 0 Å². The minimum Gasteiger partial charge on any atom is -0.479 e. The van der Waals surface area contributed by atoms with Crippen molar-refractivity contribution in [1.29, 1.82) is 0 Å². The van der Waals surface area contributed by atoms with Gasteiger partial charge in [0.1, 0.15) is 5.75 Å². The number of carbonyl (C=O) groups is 1. The van der Waals surface area contributed by atoms with Crippen LogP contribution < -0.4 is 9.64 Å². The second kappa shape index (κ2) is 7.54. The Kier molecular flexibility index (Phi) is 5.40. The quantitative estimate of drug-likeness (QED) is 0.800. The molecule has 3 rings (SSSR count). The topological polar surface area (TPSA) is 32.8 Å². The Hall–Kier alpha value is -1.91. The van der Waals surface area contributed by atoms with Crippen molar-refractivity contribution in [3.8, 4) is 5.75 Å². The van der Waals surface area contributed by atoms with Gasteiger partial charge >= 0.3 is 0 Å². The van der Waals surface area contributed by atoms with Gasteiger partial charge in [-0.3, -0.25) is 4.79 Å². The molecule has 1 atom stereocenters. The molecule has 0 spiro atoms. The Morgan fingerprint density at radius 1 is 1.16 bits per heavy atom. The van der Waals surface area contributed by atoms with Gasteiger partial charge in [-0.05, 0) is 36.8 Å². The summed E-state index contributed by atoms with van der Waals surface area (Å²) in [6.45, 7) is 3.73. The number of hydrogen-bond acceptors (Lipinski definition) is 3. The van der Waals surface area contributed by atoms with Gasteiger partial charge in [-0.15, -0.1) is 0 Å². The third-order valence-electron chi connectivity index (χ3n) is 4.33. The van der Waals surface area contributed by atoms with Crippen LogP contribution in [-0.4, -0.2) is 37.0 Å². The lowest BCUT2D eigenvalue weighted by molar-refractivity contribution is -0.138. The fourth-order valence-electron chi connectivity index (χ4n) is 2.95. The lowest BCUT2D eigenvalue weighted by Gasteiger charge is -2.25. The summed E-state index contributed by atoms with van der Waals surface area (Å²) >= 11 is 12.0. The number of rotatable bonds is 3. The van der Waals surface area contributed by atoms with Crippen molar-refractivity contribution in [2.24, 2.45) is 0 Å². The standard InChI is InChI=1S/C19H20Cl2N2O2/c1-13(25-18-8-7-15(20)11-16(18)21)19(24)23-10-9-22(2)17-6-4-3-5-14(17)12-23/h3-8,11,13H,9-10,12H2,1-2H3. The molecule has 2 aromatic carbocycles. The number of fused-ring (bicyclic) bond motifs is 1. The van der Waals surface area contributed by atoms with E-state index in [1.807, 2.05) is 24.1 Å². The van der Waals surface area contributed by atoms with Crippen LogP contribution in [0.4, 0.5) is 5.69 Å². The fourth-order valence-corrected chi connectivity index (χ4v) is 3.40. The van der Waals surface area contributed by atoms with Crippen LogP contribution in [0.5, 0.6) is 5.75 Å². The molecule has 6 heteroatoms. The molecule has 0 aliphatic carbocycles. The molecule has 0 N–H and O–H groups in total. The Bertz CT molecular complexity index is 782. The molecular formula is C19H20Cl2N2O2. The van der Waals surface area contributed by atoms with E-state index in [-0.39, 0.29) is 5.91 Å². The molecular weight excluding hydrogens is 359 g/mol. The molecule has 0 fully saturated rings. The van der Waals surface area contributed by atoms with Gasteiger partial charge in [0, 0.05) is 37.4 Å². The number of nitrogens with zero attached hydrogens (tertiary/aromatic N) is 2. The minimum absolute atomic E-state index is 0.0591. The molecule has 2 aromatic rings. The first-order valence-corrected chi connectivity index (χ1v) is 8.91. The number of amides is 1. The van der Waals surface area contributed by atoms with Gasteiger partial charge in [0.15, 0.2) is 6.10 Å². The Morgan fingerprint density at radius 2 is 1.92 bits per heavy atom. The van der Waals surface area contributed by atoms with Crippen LogP contribution in [0.3, 0.4) is 0 Å². The number of halogens is 2. The first kappa shape index (κ1) is 17.9. The number of ether oxygens (including phenoxy) is 1. The summed E-state index contributed by atoms with van der Waals surface area (Å²) in [4.78, 5) is 16.9. The maximum absolute atomic E-state index is 12.9. The highest BCUT2D eigenvalue weighted by atomic mass is 35.5. The first-order chi connectivity index (χ1) is 12.0. The van der Waals surface area contributed by atoms with Crippen LogP contribution in [0.1, 0.15) is 12.5 Å². The summed E-state index contributed by atoms with van der Waals surface area (Å²) in [6.07, 6.45) is -0.630. The van der Waals surface area contributed by atoms with Crippen molar-refractivity contribution in [3.63, 3.8) is 0 Å². The highest BCUT2D eigenvalue weighted by molar-refractivity contribution is 6.35. The number of para-hydroxylation sites is 1. The number of likely N-dealkylation sites (N-methyl/N-ethyl adjacent to an activating group) is 1. The minimum atomic E-state index is -0.630. The van der Waals surface area contributed by atoms with E-state index >= 15 is 0 Å². The molecule has 0 saturated heterocycles. The zero-order valence-electron chi connectivity index (χ0n) is 14.2. The number of anilines is 1. The largest absolute Gasteiger partial charge is 0.479 e. The fraction of sp³-hybridized carbons (Fsp3) is 0.316. The molecule has 0 saturated carbocycles. The van der Waals surface area contributed by atoms with E-state index in [0.717, 1.165) is 17.8 Å². The molecule has 1 aliphatic rings. The molecule has 1 amide bonds. The van der Waals surface area contributed by atoms with Crippen LogP contribution >= 0.6 is 23.2 Å². The highest BCUT2D eigenvalue weighted by Gasteiger charge is 2.26. The summed E-state index contributed by atoms with van der Waals surface area (Å²) in [5.41, 5.74) is 2.29. The molecule has 1 heterocycles. The normalized spacial score (nSPS) is 15.4. The Balaban J connectivity index is 1.74. The summed E-state index contributed by atoms with van der Waals surface area (Å²) in [7, 11) is 2.04. The van der Waals surface area contributed by atoms with E-state index in [0.29, 0.717) is 28.9 Å². The monoisotopic (exact) mass is 378 g/mol. The lowest BCUT2D eigenvalue weighted by atomic mass is 10.1. The molecule has 4 nitrogen and oxygen atoms in total. The van der Waals surface area contributed by atoms with E-state index < -0.39 is 6.10 Å². The van der Waals surface area contributed by atoms with Crippen LogP contribution in [0.25, 0.3) is 0 Å². The van der Waals surface area contributed by atoms with E-state index in [1.165, 1.54) is 0 Å². The molecule has 0 aromatic heterocycles. The summed E-state index contributed by atoms with van der Waals surface area (Å²) < 4.78 is 5.78. The van der Waals surface area contributed by atoms with Gasteiger partial charge in [0.25, 0.3) is 5.91 Å². The van der Waals surface area contributed by atoms with E-state index in [1.54, 1.807) is 25.1 Å². The summed E-state index contributed by atoms with van der Waals surface area (Å²) in [5, 5.41) is 0.927. The first-order valence-electron chi connectivity index (χ1n) is 8.15. The number of benzene rings is 2. The van der Waals surface area contributed by atoms with Crippen molar-refractivity contribution in [3.05, 3.63) is 58.1 Å². The van der Waals surface area contributed by atoms with Gasteiger partial charge in [-0.25, -0.2) is 0 Å². The van der Waals surface area contributed by atoms with Crippen LogP contribution in [-0.2, 0) is 11.3 Å². The van der Waals surface area contributed by atoms with Crippen molar-refractivity contribution >= 4 is 34.8 Å². The van der Waals surface area contributed by atoms with E-state index in [4.69, 9.17) is 27.9 Å². The molecule has 0 bridgehead atoms. The molecule has 0 radical (unpaired) electrons. The maximum Gasteiger partial charge on any atom is 0.263 e. The Morgan fingerprint density at radius 3 is 2.68 bits per heavy atom. The van der Waals surface area contributed by atoms with Crippen LogP contribution in [0, 0.1) is 0 Å². The highest BCUT2D eigenvalue weighted by Crippen LogP contribution is 2.29. The van der Waals surface area contributed by atoms with Crippen LogP contribution in [0.15, 0.2) is 42.5 Å². The van der Waals surface area contributed by atoms with Crippen molar-refractivity contribution in [2.45, 2.75) is 19.6 Å². The predicted octanol–water partition coefficient (Wildman–Crippen LogP) is 4.24. The van der Waals surface area contributed by atoms with Crippen molar-refractivity contribution in [1.82, 2.24) is 4.90 Å². The predicted molar refractivity (Wildman–Crippen MR) is 102 cm³/mol. The summed E-state index contributed by atoms with van der Waals surface area (Å²) in [6, 6.07) is 13.1. The summed E-state index contributed by atoms with van der Waals surface area (Å²) in [5.74, 6) is 0.398. The average Bonchev–Trinajstić information content (AvgIpc) is 2.76. The van der Waals surface area contributed by atoms with Gasteiger partial charge in [0.05, 0.1) is 5.02 Å². The molecule has 25 heavy (non-hydrogen) atoms. The number of hydrogen-bond donors (Lipinski definition) is 0. The van der Waals surface area contributed by atoms with Gasteiger partial charge < -0.3 is 14.5 Å². The lowest BCUT2D eigenvalue weighted by Crippen LogP contribution is -2.41. The second-order valence-electron chi connectivity index (χ2n) is 6.14. The maximum atomic E-state index is 12.9. The van der Waals surface area contributed by atoms with Crippen molar-refractivity contribution in [2.75, 3.05) is 25.0 Å². The van der Waals surface area contributed by atoms with E-state index in [9.17, 15) is 4.79 Å².